The number of hydrogen-bond donors (Lipinski definition) is 0. The maximum Gasteiger partial charge on any atom is 0.343 e. The van der Waals surface area contributed by atoms with E-state index in [1.807, 2.05) is 0 Å². The first-order valence-electron chi connectivity index (χ1n) is 1.22. The van der Waals surface area contributed by atoms with Crippen molar-refractivity contribution < 1.29 is 9.53 Å². The van der Waals surface area contributed by atoms with Crippen LogP contribution < -0.4 is 0 Å². The molecule has 1 rings (SSSR count). The zero-order valence-corrected chi connectivity index (χ0v) is 3.39. The molecule has 0 bridgehead atoms. The van der Waals surface area contributed by atoms with Crippen LogP contribution in [0.5, 0.6) is 0 Å². The minimum absolute atomic E-state index is 0.165. The second-order valence-corrected chi connectivity index (χ2v) is 1.34. The molecule has 2 nitrogen and oxygen atoms in total. The van der Waals surface area contributed by atoms with Gasteiger partial charge in [0.1, 0.15) is 10.2 Å². The summed E-state index contributed by atoms with van der Waals surface area (Å²) < 4.78 is 4.19. The van der Waals surface area contributed by atoms with E-state index in [2.05, 4.69) is 15.0 Å². The molecule has 25 valence electrons. The fraction of sp³-hybridized carbons (Fsp3) is 0.500. The molecule has 3 radical (unpaired) electrons. The summed E-state index contributed by atoms with van der Waals surface area (Å²) in [7, 11) is 2.92. The van der Waals surface area contributed by atoms with Crippen molar-refractivity contribution >= 4 is 16.2 Å². The van der Waals surface area contributed by atoms with E-state index in [-0.39, 0.29) is 11.7 Å². The summed E-state index contributed by atoms with van der Waals surface area (Å²) in [5.74, 6) is -0.165. The Balaban J connectivity index is 2.47. The van der Waals surface area contributed by atoms with Gasteiger partial charge < -0.3 is 4.74 Å². The number of hydrogen-bond acceptors (Lipinski definition) is 2. The van der Waals surface area contributed by atoms with Crippen molar-refractivity contribution in [3.8, 4) is 0 Å². The van der Waals surface area contributed by atoms with Crippen molar-refractivity contribution in [2.24, 2.45) is 0 Å². The van der Waals surface area contributed by atoms with E-state index in [4.69, 9.17) is 0 Å². The van der Waals surface area contributed by atoms with Crippen LogP contribution >= 0.6 is 0 Å². The summed E-state index contributed by atoms with van der Waals surface area (Å²) in [5, 5.41) is 0. The van der Waals surface area contributed by atoms with Crippen molar-refractivity contribution in [1.29, 1.82) is 0 Å². The summed E-state index contributed by atoms with van der Waals surface area (Å²) in [6, 6.07) is 0. The number of rotatable bonds is 0. The van der Waals surface area contributed by atoms with Gasteiger partial charge in [-0.15, -0.1) is 0 Å². The lowest BCUT2D eigenvalue weighted by atomic mass is 10.9. The van der Waals surface area contributed by atoms with Gasteiger partial charge in [-0.2, -0.15) is 0 Å². The van der Waals surface area contributed by atoms with Gasteiger partial charge in [0.15, 0.2) is 5.73 Å². The van der Waals surface area contributed by atoms with Gasteiger partial charge in [-0.1, -0.05) is 0 Å². The van der Waals surface area contributed by atoms with Gasteiger partial charge in [0, 0.05) is 0 Å². The van der Waals surface area contributed by atoms with Crippen LogP contribution in [0.15, 0.2) is 0 Å². The van der Waals surface area contributed by atoms with Crippen LogP contribution in [0.4, 0.5) is 0 Å². The molecule has 3 heteroatoms. The Morgan fingerprint density at radius 2 is 2.20 bits per heavy atom. The predicted octanol–water partition coefficient (Wildman–Crippen LogP) is -0.962. The van der Waals surface area contributed by atoms with Crippen LogP contribution in [-0.2, 0) is 9.53 Å². The van der Waals surface area contributed by atoms with Crippen molar-refractivity contribution in [2.45, 2.75) is 5.73 Å². The fourth-order valence-corrected chi connectivity index (χ4v) is 0.198. The first-order chi connectivity index (χ1) is 2.30. The molecule has 1 aliphatic heterocycles. The topological polar surface area (TPSA) is 29.6 Å². The number of ether oxygens (including phenoxy) is 1. The monoisotopic (exact) mass is 85.0 g/mol. The highest BCUT2D eigenvalue weighted by Crippen LogP contribution is 2.04. The number of cyclic esters (lactones) is 1. The van der Waals surface area contributed by atoms with E-state index in [9.17, 15) is 4.79 Å². The average molecular weight is 85.1 g/mol. The van der Waals surface area contributed by atoms with Gasteiger partial charge >= 0.3 is 5.97 Å². The lowest BCUT2D eigenvalue weighted by Crippen LogP contribution is -1.78. The van der Waals surface area contributed by atoms with Gasteiger partial charge in [0.2, 0.25) is 0 Å². The maximum atomic E-state index is 9.62. The molecule has 0 amide bonds. The maximum absolute atomic E-state index is 9.62. The summed E-state index contributed by atoms with van der Waals surface area (Å²) >= 11 is 0. The van der Waals surface area contributed by atoms with Gasteiger partial charge in [-0.3, -0.25) is 0 Å². The Kier molecular flexibility index (Phi) is 0.345. The molecule has 0 aromatic carbocycles. The highest BCUT2D eigenvalue weighted by molar-refractivity contribution is 6.28. The third-order valence-electron chi connectivity index (χ3n) is 0.391. The lowest BCUT2D eigenvalue weighted by molar-refractivity contribution is -0.117. The summed E-state index contributed by atoms with van der Waals surface area (Å²) in [5.41, 5.74) is -0.282. The molecule has 0 aliphatic carbocycles. The molecule has 1 saturated heterocycles. The van der Waals surface area contributed by atoms with Crippen molar-refractivity contribution in [3.05, 3.63) is 0 Å². The van der Waals surface area contributed by atoms with Crippen molar-refractivity contribution in [2.75, 3.05) is 0 Å². The Morgan fingerprint density at radius 1 is 2.00 bits per heavy atom. The first kappa shape index (κ1) is 2.90. The zero-order chi connectivity index (χ0) is 3.86. The van der Waals surface area contributed by atoms with E-state index in [0.29, 0.717) is 0 Å². The van der Waals surface area contributed by atoms with Crippen molar-refractivity contribution in [1.82, 2.24) is 0 Å². The first-order valence-corrected chi connectivity index (χ1v) is 1.80. The molecular formula is C2HO2Si. The predicted molar refractivity (Wildman–Crippen MR) is 15.6 cm³/mol. The van der Waals surface area contributed by atoms with Crippen LogP contribution in [-0.4, -0.2) is 21.9 Å². The number of carbonyl (C=O) groups excluding carboxylic acids is 1. The van der Waals surface area contributed by atoms with Gasteiger partial charge in [-0.25, -0.2) is 4.79 Å². The van der Waals surface area contributed by atoms with Crippen LogP contribution in [0.1, 0.15) is 0 Å². The molecule has 1 fully saturated rings. The van der Waals surface area contributed by atoms with Gasteiger partial charge in [0.05, 0.1) is 0 Å². The fourth-order valence-electron chi connectivity index (χ4n) is 0.0821. The molecule has 5 heavy (non-hydrogen) atoms. The summed E-state index contributed by atoms with van der Waals surface area (Å²) in [4.78, 5) is 9.62. The normalized spacial score (nSPS) is 33.0. The Morgan fingerprint density at radius 3 is 2.20 bits per heavy atom. The molecule has 1 heterocycles. The molecule has 0 N–H and O–H groups in total. The average Bonchev–Trinajstić information content (AvgIpc) is 1.79. The zero-order valence-electron chi connectivity index (χ0n) is 2.39. The molecule has 1 unspecified atom stereocenters. The Labute approximate surface area is 32.5 Å². The highest BCUT2D eigenvalue weighted by Gasteiger charge is 2.31. The quantitative estimate of drug-likeness (QED) is 0.280. The third-order valence-corrected chi connectivity index (χ3v) is 0.744. The van der Waals surface area contributed by atoms with E-state index in [1.54, 1.807) is 0 Å². The van der Waals surface area contributed by atoms with Gasteiger partial charge in [-0.05, 0) is 0 Å². The molecule has 0 aromatic heterocycles. The Bertz CT molecular complexity index is 70.0. The van der Waals surface area contributed by atoms with E-state index < -0.39 is 0 Å². The third kappa shape index (κ3) is 0.324. The second-order valence-electron chi connectivity index (χ2n) is 0.817. The van der Waals surface area contributed by atoms with E-state index in [0.717, 1.165) is 0 Å². The Hall–Kier alpha value is -0.313. The smallest absolute Gasteiger partial charge is 0.343 e. The minimum atomic E-state index is -0.282. The van der Waals surface area contributed by atoms with Crippen LogP contribution in [0, 0.1) is 0 Å². The minimum Gasteiger partial charge on any atom is -0.453 e. The molecule has 1 atom stereocenters. The SMILES string of the molecule is O=C1OC1[Si]. The van der Waals surface area contributed by atoms with E-state index >= 15 is 0 Å². The molecular weight excluding hydrogens is 84.1 g/mol. The summed E-state index contributed by atoms with van der Waals surface area (Å²) in [6.45, 7) is 0. The van der Waals surface area contributed by atoms with Crippen LogP contribution in [0.3, 0.4) is 0 Å². The molecule has 0 aromatic rings. The number of epoxide rings is 1. The van der Waals surface area contributed by atoms with E-state index in [1.165, 1.54) is 0 Å². The van der Waals surface area contributed by atoms with Crippen LogP contribution in [0.2, 0.25) is 0 Å². The number of carbonyl (C=O) groups is 1. The standard InChI is InChI=1S/C2HO2Si/c3-1-2(5)4-1/h2H. The largest absolute Gasteiger partial charge is 0.453 e. The van der Waals surface area contributed by atoms with Crippen molar-refractivity contribution in [3.63, 3.8) is 0 Å². The highest BCUT2D eigenvalue weighted by atomic mass is 28.1. The van der Waals surface area contributed by atoms with Gasteiger partial charge in [0.25, 0.3) is 0 Å². The molecule has 0 spiro atoms. The lowest BCUT2D eigenvalue weighted by Gasteiger charge is -1.46. The van der Waals surface area contributed by atoms with Crippen LogP contribution in [0.25, 0.3) is 0 Å². The second kappa shape index (κ2) is 0.595. The molecule has 1 aliphatic rings. The molecule has 0 saturated carbocycles. The summed E-state index contributed by atoms with van der Waals surface area (Å²) in [6.07, 6.45) is 0.